The maximum atomic E-state index is 12.8. The molecule has 166 valence electrons. The molecule has 1 heterocycles. The number of rotatable bonds is 7. The van der Waals surface area contributed by atoms with Crippen LogP contribution in [0, 0.1) is 5.92 Å². The fourth-order valence-electron chi connectivity index (χ4n) is 4.67. The van der Waals surface area contributed by atoms with E-state index in [1.54, 1.807) is 24.3 Å². The predicted molar refractivity (Wildman–Crippen MR) is 125 cm³/mol. The summed E-state index contributed by atoms with van der Waals surface area (Å²) in [6.07, 6.45) is 1.27. The van der Waals surface area contributed by atoms with Gasteiger partial charge in [0.25, 0.3) is 0 Å². The second-order valence-electron chi connectivity index (χ2n) is 8.31. The summed E-state index contributed by atoms with van der Waals surface area (Å²) >= 11 is 0. The summed E-state index contributed by atoms with van der Waals surface area (Å²) in [5.41, 5.74) is 3.36. The third kappa shape index (κ3) is 4.61. The molecule has 0 spiro atoms. The van der Waals surface area contributed by atoms with Gasteiger partial charge in [-0.15, -0.1) is 0 Å². The molecule has 1 aliphatic rings. The summed E-state index contributed by atoms with van der Waals surface area (Å²) < 4.78 is 30.4. The molecule has 0 radical (unpaired) electrons. The summed E-state index contributed by atoms with van der Waals surface area (Å²) in [4.78, 5) is 14.3. The van der Waals surface area contributed by atoms with Crippen molar-refractivity contribution in [2.45, 2.75) is 11.3 Å². The molecule has 3 aromatic carbocycles. The van der Waals surface area contributed by atoms with Crippen LogP contribution in [0.25, 0.3) is 0 Å². The van der Waals surface area contributed by atoms with Gasteiger partial charge in [0.15, 0.2) is 9.84 Å². The molecule has 6 heteroatoms. The zero-order valence-corrected chi connectivity index (χ0v) is 19.0. The highest BCUT2D eigenvalue weighted by Crippen LogP contribution is 2.41. The Bertz CT molecular complexity index is 1130. The molecule has 0 bridgehead atoms. The maximum Gasteiger partial charge on any atom is 0.337 e. The van der Waals surface area contributed by atoms with E-state index in [1.807, 2.05) is 36.4 Å². The molecule has 5 nitrogen and oxygen atoms in total. The lowest BCUT2D eigenvalue weighted by Gasteiger charge is -2.47. The highest BCUT2D eigenvalue weighted by atomic mass is 32.2. The van der Waals surface area contributed by atoms with Crippen LogP contribution in [0.2, 0.25) is 0 Å². The lowest BCUT2D eigenvalue weighted by molar-refractivity contribution is 0.0598. The Morgan fingerprint density at radius 1 is 0.875 bits per heavy atom. The van der Waals surface area contributed by atoms with Crippen molar-refractivity contribution < 1.29 is 17.9 Å². The second kappa shape index (κ2) is 9.27. The van der Waals surface area contributed by atoms with Gasteiger partial charge >= 0.3 is 5.97 Å². The standard InChI is InChI=1S/C26H27NO4S/c1-31-26(28)22-15-9-14-21(16-22)25(32(2,29)30)23-17-27(18-23)24(19-10-5-3-6-11-19)20-12-7-4-8-13-20/h3-16,23-25H,17-18H2,1-2H3. The molecule has 1 saturated heterocycles. The van der Waals surface area contributed by atoms with Gasteiger partial charge in [0, 0.05) is 25.3 Å². The molecule has 3 aromatic rings. The first-order valence-electron chi connectivity index (χ1n) is 10.6. The Morgan fingerprint density at radius 3 is 1.91 bits per heavy atom. The minimum atomic E-state index is -3.38. The molecule has 32 heavy (non-hydrogen) atoms. The van der Waals surface area contributed by atoms with E-state index in [0.29, 0.717) is 24.2 Å². The van der Waals surface area contributed by atoms with Gasteiger partial charge in [0.05, 0.1) is 24.0 Å². The van der Waals surface area contributed by atoms with Crippen molar-refractivity contribution in [1.29, 1.82) is 0 Å². The Labute approximate surface area is 189 Å². The molecule has 1 fully saturated rings. The zero-order valence-electron chi connectivity index (χ0n) is 18.2. The Kier molecular flexibility index (Phi) is 6.44. The third-order valence-corrected chi connectivity index (χ3v) is 7.64. The van der Waals surface area contributed by atoms with E-state index in [2.05, 4.69) is 29.2 Å². The van der Waals surface area contributed by atoms with E-state index in [1.165, 1.54) is 24.5 Å². The molecule has 0 aliphatic carbocycles. The van der Waals surface area contributed by atoms with E-state index in [-0.39, 0.29) is 12.0 Å². The molecular weight excluding hydrogens is 422 g/mol. The van der Waals surface area contributed by atoms with Gasteiger partial charge in [-0.2, -0.15) is 0 Å². The maximum absolute atomic E-state index is 12.8. The third-order valence-electron chi connectivity index (χ3n) is 6.06. The van der Waals surface area contributed by atoms with Gasteiger partial charge in [0.1, 0.15) is 0 Å². The number of carbonyl (C=O) groups is 1. The summed E-state index contributed by atoms with van der Waals surface area (Å²) in [5.74, 6) is -0.532. The lowest BCUT2D eigenvalue weighted by Crippen LogP contribution is -2.52. The van der Waals surface area contributed by atoms with E-state index in [0.717, 1.165) is 0 Å². The van der Waals surface area contributed by atoms with Crippen molar-refractivity contribution in [2.75, 3.05) is 26.5 Å². The normalized spacial score (nSPS) is 15.8. The van der Waals surface area contributed by atoms with Crippen LogP contribution in [0.15, 0.2) is 84.9 Å². The van der Waals surface area contributed by atoms with Gasteiger partial charge in [0.2, 0.25) is 0 Å². The Balaban J connectivity index is 1.62. The van der Waals surface area contributed by atoms with Crippen LogP contribution in [0.1, 0.15) is 38.3 Å². The summed E-state index contributed by atoms with van der Waals surface area (Å²) in [7, 11) is -2.06. The van der Waals surface area contributed by atoms with Crippen molar-refractivity contribution in [3.05, 3.63) is 107 Å². The van der Waals surface area contributed by atoms with E-state index in [9.17, 15) is 13.2 Å². The van der Waals surface area contributed by atoms with Crippen molar-refractivity contribution in [1.82, 2.24) is 4.90 Å². The average molecular weight is 450 g/mol. The van der Waals surface area contributed by atoms with Crippen molar-refractivity contribution in [3.63, 3.8) is 0 Å². The van der Waals surface area contributed by atoms with E-state index >= 15 is 0 Å². The van der Waals surface area contributed by atoms with Gasteiger partial charge < -0.3 is 4.74 Å². The quantitative estimate of drug-likeness (QED) is 0.504. The number of methoxy groups -OCH3 is 1. The fraction of sp³-hybridized carbons (Fsp3) is 0.269. The van der Waals surface area contributed by atoms with Crippen LogP contribution < -0.4 is 0 Å². The lowest BCUT2D eigenvalue weighted by atomic mass is 9.86. The fourth-order valence-corrected chi connectivity index (χ4v) is 6.18. The molecule has 4 rings (SSSR count). The Hall–Kier alpha value is -2.96. The van der Waals surface area contributed by atoms with Crippen molar-refractivity contribution in [3.8, 4) is 0 Å². The van der Waals surface area contributed by atoms with Gasteiger partial charge in [-0.1, -0.05) is 72.8 Å². The molecule has 0 amide bonds. The number of hydrogen-bond donors (Lipinski definition) is 0. The minimum absolute atomic E-state index is 0.0622. The van der Waals surface area contributed by atoms with Crippen LogP contribution in [-0.2, 0) is 14.6 Å². The van der Waals surface area contributed by atoms with Crippen LogP contribution in [0.3, 0.4) is 0 Å². The summed E-state index contributed by atoms with van der Waals surface area (Å²) in [5, 5.41) is -0.671. The molecule has 0 saturated carbocycles. The largest absolute Gasteiger partial charge is 0.465 e. The summed E-state index contributed by atoms with van der Waals surface area (Å²) in [6.45, 7) is 1.29. The van der Waals surface area contributed by atoms with Crippen molar-refractivity contribution >= 4 is 15.8 Å². The molecular formula is C26H27NO4S. The topological polar surface area (TPSA) is 63.7 Å². The van der Waals surface area contributed by atoms with Gasteiger partial charge in [-0.3, -0.25) is 4.90 Å². The molecule has 0 N–H and O–H groups in total. The Morgan fingerprint density at radius 2 is 1.41 bits per heavy atom. The number of sulfone groups is 1. The first-order chi connectivity index (χ1) is 15.4. The second-order valence-corrected chi connectivity index (χ2v) is 10.5. The average Bonchev–Trinajstić information content (AvgIpc) is 2.77. The smallest absolute Gasteiger partial charge is 0.337 e. The van der Waals surface area contributed by atoms with Crippen LogP contribution in [0.5, 0.6) is 0 Å². The van der Waals surface area contributed by atoms with Crippen molar-refractivity contribution in [2.24, 2.45) is 5.92 Å². The van der Waals surface area contributed by atoms with Crippen LogP contribution in [0.4, 0.5) is 0 Å². The molecule has 1 unspecified atom stereocenters. The van der Waals surface area contributed by atoms with E-state index in [4.69, 9.17) is 4.74 Å². The number of nitrogens with zero attached hydrogens (tertiary/aromatic N) is 1. The monoisotopic (exact) mass is 449 g/mol. The number of ether oxygens (including phenoxy) is 1. The highest BCUT2D eigenvalue weighted by molar-refractivity contribution is 7.90. The number of carbonyl (C=O) groups excluding carboxylic acids is 1. The first-order valence-corrected chi connectivity index (χ1v) is 12.5. The SMILES string of the molecule is COC(=O)c1cccc(C(C2CN(C(c3ccccc3)c3ccccc3)C2)S(C)(=O)=O)c1. The van der Waals surface area contributed by atoms with Gasteiger partial charge in [-0.25, -0.2) is 13.2 Å². The molecule has 1 aliphatic heterocycles. The molecule has 0 aromatic heterocycles. The number of hydrogen-bond acceptors (Lipinski definition) is 5. The number of likely N-dealkylation sites (tertiary alicyclic amines) is 1. The highest BCUT2D eigenvalue weighted by Gasteiger charge is 2.42. The van der Waals surface area contributed by atoms with Crippen LogP contribution >= 0.6 is 0 Å². The molecule has 1 atom stereocenters. The van der Waals surface area contributed by atoms with E-state index < -0.39 is 21.1 Å². The predicted octanol–water partition coefficient (Wildman–Crippen LogP) is 4.28. The number of benzene rings is 3. The van der Waals surface area contributed by atoms with Gasteiger partial charge in [-0.05, 0) is 28.8 Å². The number of esters is 1. The minimum Gasteiger partial charge on any atom is -0.465 e. The summed E-state index contributed by atoms with van der Waals surface area (Å²) in [6, 6.07) is 27.4. The van der Waals surface area contributed by atoms with Crippen LogP contribution in [-0.4, -0.2) is 45.7 Å². The zero-order chi connectivity index (χ0) is 22.7. The first kappa shape index (κ1) is 22.2.